The molecule has 0 spiro atoms. The molecule has 0 aliphatic heterocycles. The quantitative estimate of drug-likeness (QED) is 0.559. The zero-order valence-corrected chi connectivity index (χ0v) is 11.8. The summed E-state index contributed by atoms with van der Waals surface area (Å²) in [5, 5.41) is 0. The largest absolute Gasteiger partial charge is 0.381 e. The molecule has 0 aliphatic carbocycles. The zero-order chi connectivity index (χ0) is 12.4. The standard InChI is InChI=1S/C14H30O2/c1-6-8-15-11-13(10-14(3,4)5)12-16-9-7-2/h13H,6-12H2,1-5H3. The number of ether oxygens (including phenoxy) is 2. The lowest BCUT2D eigenvalue weighted by atomic mass is 9.85. The molecule has 0 heterocycles. The predicted octanol–water partition coefficient (Wildman–Crippen LogP) is 3.89. The van der Waals surface area contributed by atoms with Gasteiger partial charge in [-0.05, 0) is 24.7 Å². The zero-order valence-electron chi connectivity index (χ0n) is 11.8. The van der Waals surface area contributed by atoms with Crippen molar-refractivity contribution in [3.05, 3.63) is 0 Å². The molecular weight excluding hydrogens is 200 g/mol. The van der Waals surface area contributed by atoms with Crippen LogP contribution in [-0.4, -0.2) is 26.4 Å². The summed E-state index contributed by atoms with van der Waals surface area (Å²) in [6.45, 7) is 14.5. The van der Waals surface area contributed by atoms with Gasteiger partial charge in [-0.2, -0.15) is 0 Å². The van der Waals surface area contributed by atoms with Gasteiger partial charge < -0.3 is 9.47 Å². The third kappa shape index (κ3) is 10.4. The van der Waals surface area contributed by atoms with E-state index < -0.39 is 0 Å². The molecule has 0 amide bonds. The summed E-state index contributed by atoms with van der Waals surface area (Å²) in [6, 6.07) is 0. The van der Waals surface area contributed by atoms with Gasteiger partial charge in [0.15, 0.2) is 0 Å². The smallest absolute Gasteiger partial charge is 0.0516 e. The average molecular weight is 230 g/mol. The van der Waals surface area contributed by atoms with E-state index in [2.05, 4.69) is 34.6 Å². The second kappa shape index (κ2) is 9.00. The summed E-state index contributed by atoms with van der Waals surface area (Å²) >= 11 is 0. The van der Waals surface area contributed by atoms with Crippen molar-refractivity contribution in [3.63, 3.8) is 0 Å². The number of hydrogen-bond acceptors (Lipinski definition) is 2. The van der Waals surface area contributed by atoms with Crippen molar-refractivity contribution >= 4 is 0 Å². The van der Waals surface area contributed by atoms with Gasteiger partial charge in [-0.25, -0.2) is 0 Å². The van der Waals surface area contributed by atoms with Crippen LogP contribution in [0.15, 0.2) is 0 Å². The molecule has 0 N–H and O–H groups in total. The highest BCUT2D eigenvalue weighted by Crippen LogP contribution is 2.24. The Hall–Kier alpha value is -0.0800. The molecule has 98 valence electrons. The van der Waals surface area contributed by atoms with E-state index in [0.29, 0.717) is 11.3 Å². The molecule has 0 radical (unpaired) electrons. The molecule has 0 saturated carbocycles. The van der Waals surface area contributed by atoms with Gasteiger partial charge in [0.2, 0.25) is 0 Å². The fourth-order valence-corrected chi connectivity index (χ4v) is 1.82. The third-order valence-electron chi connectivity index (χ3n) is 2.31. The highest BCUT2D eigenvalue weighted by molar-refractivity contribution is 4.69. The van der Waals surface area contributed by atoms with Crippen LogP contribution in [0.5, 0.6) is 0 Å². The van der Waals surface area contributed by atoms with Crippen molar-refractivity contribution in [2.24, 2.45) is 11.3 Å². The predicted molar refractivity (Wildman–Crippen MR) is 69.8 cm³/mol. The monoisotopic (exact) mass is 230 g/mol. The lowest BCUT2D eigenvalue weighted by Crippen LogP contribution is -2.23. The first kappa shape index (κ1) is 15.9. The van der Waals surface area contributed by atoms with E-state index in [1.807, 2.05) is 0 Å². The molecule has 0 aromatic carbocycles. The minimum absolute atomic E-state index is 0.357. The molecule has 0 bridgehead atoms. The Morgan fingerprint density at radius 1 is 0.875 bits per heavy atom. The lowest BCUT2D eigenvalue weighted by molar-refractivity contribution is 0.0240. The van der Waals surface area contributed by atoms with Crippen molar-refractivity contribution in [1.29, 1.82) is 0 Å². The van der Waals surface area contributed by atoms with Gasteiger partial charge >= 0.3 is 0 Å². The van der Waals surface area contributed by atoms with Crippen molar-refractivity contribution in [1.82, 2.24) is 0 Å². The SMILES string of the molecule is CCCOCC(COCCC)CC(C)(C)C. The van der Waals surface area contributed by atoms with Crippen molar-refractivity contribution in [3.8, 4) is 0 Å². The van der Waals surface area contributed by atoms with Crippen LogP contribution in [0.25, 0.3) is 0 Å². The minimum Gasteiger partial charge on any atom is -0.381 e. The second-order valence-electron chi connectivity index (χ2n) is 5.78. The fraction of sp³-hybridized carbons (Fsp3) is 1.00. The van der Waals surface area contributed by atoms with Crippen molar-refractivity contribution in [2.75, 3.05) is 26.4 Å². The number of hydrogen-bond donors (Lipinski definition) is 0. The highest BCUT2D eigenvalue weighted by Gasteiger charge is 2.19. The maximum absolute atomic E-state index is 5.64. The molecular formula is C14H30O2. The lowest BCUT2D eigenvalue weighted by Gasteiger charge is -2.25. The first-order valence-corrected chi connectivity index (χ1v) is 6.65. The molecule has 16 heavy (non-hydrogen) atoms. The Bertz CT molecular complexity index is 139. The van der Waals surface area contributed by atoms with Crippen LogP contribution in [0.3, 0.4) is 0 Å². The summed E-state index contributed by atoms with van der Waals surface area (Å²) in [5.41, 5.74) is 0.357. The maximum atomic E-state index is 5.64. The van der Waals surface area contributed by atoms with Crippen LogP contribution >= 0.6 is 0 Å². The van der Waals surface area contributed by atoms with Crippen molar-refractivity contribution in [2.45, 2.75) is 53.9 Å². The molecule has 0 aliphatic rings. The van der Waals surface area contributed by atoms with Crippen LogP contribution < -0.4 is 0 Å². The Morgan fingerprint density at radius 3 is 1.62 bits per heavy atom. The van der Waals surface area contributed by atoms with Crippen LogP contribution in [-0.2, 0) is 9.47 Å². The molecule has 0 saturated heterocycles. The Morgan fingerprint density at radius 2 is 1.31 bits per heavy atom. The van der Waals surface area contributed by atoms with E-state index in [1.165, 1.54) is 6.42 Å². The molecule has 2 nitrogen and oxygen atoms in total. The van der Waals surface area contributed by atoms with Gasteiger partial charge in [-0.1, -0.05) is 34.6 Å². The molecule has 0 aromatic heterocycles. The van der Waals surface area contributed by atoms with E-state index in [4.69, 9.17) is 9.47 Å². The second-order valence-corrected chi connectivity index (χ2v) is 5.78. The van der Waals surface area contributed by atoms with Crippen molar-refractivity contribution < 1.29 is 9.47 Å². The average Bonchev–Trinajstić information content (AvgIpc) is 2.16. The van der Waals surface area contributed by atoms with Crippen LogP contribution in [0.4, 0.5) is 0 Å². The first-order valence-electron chi connectivity index (χ1n) is 6.65. The third-order valence-corrected chi connectivity index (χ3v) is 2.31. The Labute approximate surface area is 102 Å². The minimum atomic E-state index is 0.357. The molecule has 0 atom stereocenters. The van der Waals surface area contributed by atoms with Gasteiger partial charge in [0.05, 0.1) is 13.2 Å². The normalized spacial score (nSPS) is 12.4. The summed E-state index contributed by atoms with van der Waals surface area (Å²) in [7, 11) is 0. The topological polar surface area (TPSA) is 18.5 Å². The van der Waals surface area contributed by atoms with E-state index in [1.54, 1.807) is 0 Å². The molecule has 0 fully saturated rings. The van der Waals surface area contributed by atoms with Gasteiger partial charge in [0.25, 0.3) is 0 Å². The first-order chi connectivity index (χ1) is 7.49. The summed E-state index contributed by atoms with van der Waals surface area (Å²) in [4.78, 5) is 0. The maximum Gasteiger partial charge on any atom is 0.0516 e. The molecule has 0 unspecified atom stereocenters. The van der Waals surface area contributed by atoms with Gasteiger partial charge in [0.1, 0.15) is 0 Å². The molecule has 2 heteroatoms. The van der Waals surface area contributed by atoms with Gasteiger partial charge in [0, 0.05) is 19.1 Å². The highest BCUT2D eigenvalue weighted by atomic mass is 16.5. The van der Waals surface area contributed by atoms with E-state index in [0.717, 1.165) is 39.3 Å². The summed E-state index contributed by atoms with van der Waals surface area (Å²) < 4.78 is 11.3. The van der Waals surface area contributed by atoms with Gasteiger partial charge in [-0.3, -0.25) is 0 Å². The fourth-order valence-electron chi connectivity index (χ4n) is 1.82. The van der Waals surface area contributed by atoms with Crippen LogP contribution in [0, 0.1) is 11.3 Å². The van der Waals surface area contributed by atoms with Gasteiger partial charge in [-0.15, -0.1) is 0 Å². The molecule has 0 rings (SSSR count). The summed E-state index contributed by atoms with van der Waals surface area (Å²) in [5.74, 6) is 0.540. The number of rotatable bonds is 9. The summed E-state index contributed by atoms with van der Waals surface area (Å²) in [6.07, 6.45) is 3.36. The van der Waals surface area contributed by atoms with E-state index >= 15 is 0 Å². The van der Waals surface area contributed by atoms with E-state index in [9.17, 15) is 0 Å². The Kier molecular flexibility index (Phi) is 8.96. The van der Waals surface area contributed by atoms with Crippen LogP contribution in [0.1, 0.15) is 53.9 Å². The Balaban J connectivity index is 3.85. The molecule has 0 aromatic rings. The van der Waals surface area contributed by atoms with E-state index in [-0.39, 0.29) is 0 Å². The van der Waals surface area contributed by atoms with Crippen LogP contribution in [0.2, 0.25) is 0 Å².